The molecule has 0 aliphatic carbocycles. The lowest BCUT2D eigenvalue weighted by Gasteiger charge is -2.34. The van der Waals surface area contributed by atoms with Crippen LogP contribution in [0, 0.1) is 0 Å². The number of pyridine rings is 1. The van der Waals surface area contributed by atoms with E-state index in [1.54, 1.807) is 23.5 Å². The third-order valence-electron chi connectivity index (χ3n) is 5.10. The molecule has 2 aromatic heterocycles. The normalized spacial score (nSPS) is 17.1. The summed E-state index contributed by atoms with van der Waals surface area (Å²) in [5, 5.41) is 4.64. The van der Waals surface area contributed by atoms with Crippen molar-refractivity contribution < 1.29 is 4.79 Å². The number of likely N-dealkylation sites (tertiary alicyclic amines) is 1. The summed E-state index contributed by atoms with van der Waals surface area (Å²) in [7, 11) is 0. The smallest absolute Gasteiger partial charge is 0.242 e. The molecule has 1 N–H and O–H groups in total. The molecule has 1 fully saturated rings. The van der Waals surface area contributed by atoms with Crippen molar-refractivity contribution in [2.45, 2.75) is 31.7 Å². The summed E-state index contributed by atoms with van der Waals surface area (Å²) in [5.41, 5.74) is 1.09. The fourth-order valence-electron chi connectivity index (χ4n) is 3.44. The van der Waals surface area contributed by atoms with E-state index in [4.69, 9.17) is 16.6 Å². The Morgan fingerprint density at radius 2 is 2.04 bits per heavy atom. The second kappa shape index (κ2) is 7.92. The number of para-hydroxylation sites is 1. The lowest BCUT2D eigenvalue weighted by molar-refractivity contribution is -0.121. The number of thiazole rings is 1. The third-order valence-corrected chi connectivity index (χ3v) is 6.52. The summed E-state index contributed by atoms with van der Waals surface area (Å²) in [5.74, 6) is 0.968. The van der Waals surface area contributed by atoms with Gasteiger partial charge in [-0.2, -0.15) is 0 Å². The van der Waals surface area contributed by atoms with Crippen molar-refractivity contribution in [3.63, 3.8) is 0 Å². The number of rotatable bonds is 4. The minimum absolute atomic E-state index is 0.0386. The van der Waals surface area contributed by atoms with Crippen LogP contribution >= 0.6 is 22.9 Å². The first-order valence-corrected chi connectivity index (χ1v) is 10.3. The average molecular weight is 401 g/mol. The van der Waals surface area contributed by atoms with Crippen molar-refractivity contribution in [2.24, 2.45) is 0 Å². The molecule has 27 heavy (non-hydrogen) atoms. The SMILES string of the molecule is C[C@@H](C(=O)Nc1ccc(Cl)cn1)N1CCC(c2nc3ccccc3s2)CC1. The van der Waals surface area contributed by atoms with Gasteiger partial charge in [0.15, 0.2) is 0 Å². The van der Waals surface area contributed by atoms with Crippen molar-refractivity contribution >= 4 is 44.9 Å². The van der Waals surface area contributed by atoms with E-state index in [0.29, 0.717) is 16.8 Å². The first-order chi connectivity index (χ1) is 13.1. The topological polar surface area (TPSA) is 58.1 Å². The van der Waals surface area contributed by atoms with Crippen LogP contribution in [0.25, 0.3) is 10.2 Å². The maximum Gasteiger partial charge on any atom is 0.242 e. The van der Waals surface area contributed by atoms with Gasteiger partial charge in [0.25, 0.3) is 0 Å². The predicted octanol–water partition coefficient (Wildman–Crippen LogP) is 4.55. The highest BCUT2D eigenvalue weighted by Gasteiger charge is 2.28. The molecule has 1 aromatic carbocycles. The van der Waals surface area contributed by atoms with E-state index in [1.165, 1.54) is 15.9 Å². The van der Waals surface area contributed by atoms with Crippen LogP contribution in [-0.4, -0.2) is 39.9 Å². The zero-order valence-electron chi connectivity index (χ0n) is 15.1. The molecule has 7 heteroatoms. The zero-order chi connectivity index (χ0) is 18.8. The fourth-order valence-corrected chi connectivity index (χ4v) is 4.69. The molecular weight excluding hydrogens is 380 g/mol. The third kappa shape index (κ3) is 4.13. The van der Waals surface area contributed by atoms with Gasteiger partial charge in [-0.05, 0) is 57.1 Å². The standard InChI is InChI=1S/C20H21ClN4OS/c1-13(19(26)24-18-7-6-15(21)12-22-18)25-10-8-14(9-11-25)20-23-16-4-2-3-5-17(16)27-20/h2-7,12-14H,8-11H2,1H3,(H,22,24,26)/t13-/m0/s1. The second-order valence-corrected chi connectivity index (χ2v) is 8.36. The number of anilines is 1. The minimum Gasteiger partial charge on any atom is -0.309 e. The van der Waals surface area contributed by atoms with E-state index < -0.39 is 0 Å². The number of carbonyl (C=O) groups excluding carboxylic acids is 1. The lowest BCUT2D eigenvalue weighted by Crippen LogP contribution is -2.45. The van der Waals surface area contributed by atoms with Crippen LogP contribution < -0.4 is 5.32 Å². The summed E-state index contributed by atoms with van der Waals surface area (Å²) < 4.78 is 1.25. The summed E-state index contributed by atoms with van der Waals surface area (Å²) in [4.78, 5) is 23.7. The summed E-state index contributed by atoms with van der Waals surface area (Å²) in [6.07, 6.45) is 3.58. The fraction of sp³-hybridized carbons (Fsp3) is 0.350. The molecule has 1 aliphatic rings. The van der Waals surface area contributed by atoms with Crippen molar-refractivity contribution in [1.82, 2.24) is 14.9 Å². The number of halogens is 1. The molecule has 1 amide bonds. The number of amides is 1. The molecule has 3 aromatic rings. The number of nitrogens with zero attached hydrogens (tertiary/aromatic N) is 3. The van der Waals surface area contributed by atoms with Gasteiger partial charge in [-0.15, -0.1) is 11.3 Å². The summed E-state index contributed by atoms with van der Waals surface area (Å²) >= 11 is 7.63. The number of aromatic nitrogens is 2. The van der Waals surface area contributed by atoms with Crippen molar-refractivity contribution in [3.8, 4) is 0 Å². The van der Waals surface area contributed by atoms with E-state index in [0.717, 1.165) is 31.4 Å². The Morgan fingerprint density at radius 3 is 2.74 bits per heavy atom. The molecule has 5 nitrogen and oxygen atoms in total. The Morgan fingerprint density at radius 1 is 1.26 bits per heavy atom. The molecule has 3 heterocycles. The number of carbonyl (C=O) groups is 1. The maximum atomic E-state index is 12.5. The van der Waals surface area contributed by atoms with E-state index in [2.05, 4.69) is 33.4 Å². The van der Waals surface area contributed by atoms with Gasteiger partial charge in [0.05, 0.1) is 26.3 Å². The molecule has 0 radical (unpaired) electrons. The van der Waals surface area contributed by atoms with Gasteiger partial charge in [-0.25, -0.2) is 9.97 Å². The first kappa shape index (κ1) is 18.3. The molecule has 4 rings (SSSR count). The van der Waals surface area contributed by atoms with Crippen LogP contribution in [0.1, 0.15) is 30.7 Å². The summed E-state index contributed by atoms with van der Waals surface area (Å²) in [6, 6.07) is 11.5. The van der Waals surface area contributed by atoms with Crippen LogP contribution in [0.5, 0.6) is 0 Å². The Labute approximate surface area is 167 Å². The van der Waals surface area contributed by atoms with E-state index in [-0.39, 0.29) is 11.9 Å². The molecule has 0 saturated carbocycles. The van der Waals surface area contributed by atoms with E-state index in [9.17, 15) is 4.79 Å². The first-order valence-electron chi connectivity index (χ1n) is 9.12. The molecule has 140 valence electrons. The number of benzene rings is 1. The second-order valence-electron chi connectivity index (χ2n) is 6.86. The quantitative estimate of drug-likeness (QED) is 0.697. The lowest BCUT2D eigenvalue weighted by atomic mass is 9.96. The van der Waals surface area contributed by atoms with Crippen molar-refractivity contribution in [2.75, 3.05) is 18.4 Å². The van der Waals surface area contributed by atoms with Crippen LogP contribution in [-0.2, 0) is 4.79 Å². The molecule has 1 saturated heterocycles. The number of hydrogen-bond donors (Lipinski definition) is 1. The van der Waals surface area contributed by atoms with Gasteiger partial charge >= 0.3 is 0 Å². The molecule has 0 bridgehead atoms. The largest absolute Gasteiger partial charge is 0.309 e. The van der Waals surface area contributed by atoms with Gasteiger partial charge < -0.3 is 5.32 Å². The average Bonchev–Trinajstić information content (AvgIpc) is 3.13. The molecular formula is C20H21ClN4OS. The van der Waals surface area contributed by atoms with Gasteiger partial charge in [-0.1, -0.05) is 23.7 Å². The Balaban J connectivity index is 1.35. The number of nitrogens with one attached hydrogen (secondary N) is 1. The van der Waals surface area contributed by atoms with E-state index >= 15 is 0 Å². The van der Waals surface area contributed by atoms with Crippen LogP contribution in [0.4, 0.5) is 5.82 Å². The van der Waals surface area contributed by atoms with Crippen molar-refractivity contribution in [3.05, 3.63) is 52.6 Å². The molecule has 0 unspecified atom stereocenters. The zero-order valence-corrected chi connectivity index (χ0v) is 16.6. The van der Waals surface area contributed by atoms with Gasteiger partial charge in [0.1, 0.15) is 5.82 Å². The van der Waals surface area contributed by atoms with Crippen LogP contribution in [0.15, 0.2) is 42.6 Å². The maximum absolute atomic E-state index is 12.5. The Bertz CT molecular complexity index is 902. The Hall–Kier alpha value is -2.02. The number of hydrogen-bond acceptors (Lipinski definition) is 5. The number of piperidine rings is 1. The van der Waals surface area contributed by atoms with Gasteiger partial charge in [-0.3, -0.25) is 9.69 Å². The highest BCUT2D eigenvalue weighted by molar-refractivity contribution is 7.18. The van der Waals surface area contributed by atoms with Crippen LogP contribution in [0.2, 0.25) is 5.02 Å². The predicted molar refractivity (Wildman–Crippen MR) is 111 cm³/mol. The highest BCUT2D eigenvalue weighted by Crippen LogP contribution is 2.34. The highest BCUT2D eigenvalue weighted by atomic mass is 35.5. The van der Waals surface area contributed by atoms with E-state index in [1.807, 2.05) is 13.0 Å². The van der Waals surface area contributed by atoms with Crippen LogP contribution in [0.3, 0.4) is 0 Å². The van der Waals surface area contributed by atoms with Crippen molar-refractivity contribution in [1.29, 1.82) is 0 Å². The minimum atomic E-state index is -0.196. The molecule has 1 aliphatic heterocycles. The molecule has 1 atom stereocenters. The number of fused-ring (bicyclic) bond motifs is 1. The molecule has 0 spiro atoms. The Kier molecular flexibility index (Phi) is 5.38. The van der Waals surface area contributed by atoms with Gasteiger partial charge in [0.2, 0.25) is 5.91 Å². The monoisotopic (exact) mass is 400 g/mol. The summed E-state index contributed by atoms with van der Waals surface area (Å²) in [6.45, 7) is 3.73. The van der Waals surface area contributed by atoms with Gasteiger partial charge in [0, 0.05) is 12.1 Å².